The van der Waals surface area contributed by atoms with E-state index in [1.54, 1.807) is 0 Å². The van der Waals surface area contributed by atoms with Crippen molar-refractivity contribution < 1.29 is 0 Å². The molecule has 1 aromatic rings. The molecule has 16 heavy (non-hydrogen) atoms. The Bertz CT molecular complexity index is 407. The van der Waals surface area contributed by atoms with Crippen LogP contribution < -0.4 is 5.32 Å². The van der Waals surface area contributed by atoms with Crippen molar-refractivity contribution in [1.82, 2.24) is 0 Å². The van der Waals surface area contributed by atoms with Crippen LogP contribution in [0.3, 0.4) is 0 Å². The Hall–Kier alpha value is -0.210. The van der Waals surface area contributed by atoms with Gasteiger partial charge in [0.15, 0.2) is 0 Å². The highest BCUT2D eigenvalue weighted by molar-refractivity contribution is 9.10. The maximum atomic E-state index is 6.22. The van der Waals surface area contributed by atoms with E-state index in [0.29, 0.717) is 6.04 Å². The van der Waals surface area contributed by atoms with Crippen molar-refractivity contribution in [2.75, 3.05) is 5.32 Å². The van der Waals surface area contributed by atoms with Gasteiger partial charge in [0.25, 0.3) is 0 Å². The molecule has 86 valence electrons. The molecule has 2 aliphatic carbocycles. The van der Waals surface area contributed by atoms with Crippen molar-refractivity contribution in [2.45, 2.75) is 31.7 Å². The fraction of sp³-hybridized carbons (Fsp3) is 0.538. The fourth-order valence-electron chi connectivity index (χ4n) is 3.23. The van der Waals surface area contributed by atoms with Crippen LogP contribution in [0, 0.1) is 11.8 Å². The zero-order valence-electron chi connectivity index (χ0n) is 9.05. The summed E-state index contributed by atoms with van der Waals surface area (Å²) in [5, 5.41) is 4.43. The Morgan fingerprint density at radius 3 is 2.75 bits per heavy atom. The smallest absolute Gasteiger partial charge is 0.0648 e. The number of fused-ring (bicyclic) bond motifs is 2. The van der Waals surface area contributed by atoms with Crippen LogP contribution >= 0.6 is 27.5 Å². The number of nitrogens with one attached hydrogen (secondary N) is 1. The zero-order valence-corrected chi connectivity index (χ0v) is 11.4. The van der Waals surface area contributed by atoms with Gasteiger partial charge in [0.2, 0.25) is 0 Å². The highest BCUT2D eigenvalue weighted by atomic mass is 79.9. The van der Waals surface area contributed by atoms with E-state index in [-0.39, 0.29) is 0 Å². The van der Waals surface area contributed by atoms with Crippen molar-refractivity contribution in [1.29, 1.82) is 0 Å². The molecule has 0 spiro atoms. The third kappa shape index (κ3) is 1.98. The molecule has 3 unspecified atom stereocenters. The lowest BCUT2D eigenvalue weighted by Crippen LogP contribution is -2.25. The van der Waals surface area contributed by atoms with E-state index < -0.39 is 0 Å². The summed E-state index contributed by atoms with van der Waals surface area (Å²) in [6.07, 6.45) is 5.59. The van der Waals surface area contributed by atoms with Crippen LogP contribution in [0.15, 0.2) is 22.7 Å². The van der Waals surface area contributed by atoms with E-state index in [0.717, 1.165) is 27.0 Å². The van der Waals surface area contributed by atoms with E-state index in [1.807, 2.05) is 12.1 Å². The summed E-state index contributed by atoms with van der Waals surface area (Å²) < 4.78 is 1.04. The number of benzene rings is 1. The predicted molar refractivity (Wildman–Crippen MR) is 72.0 cm³/mol. The summed E-state index contributed by atoms with van der Waals surface area (Å²) in [6.45, 7) is 0. The van der Waals surface area contributed by atoms with E-state index >= 15 is 0 Å². The summed E-state index contributed by atoms with van der Waals surface area (Å²) in [6, 6.07) is 6.72. The first-order chi connectivity index (χ1) is 7.72. The standard InChI is InChI=1S/C13H15BrClN/c14-10-3-4-12(11(15)7-10)16-13-6-8-1-2-9(13)5-8/h3-4,7-9,13,16H,1-2,5-6H2. The Labute approximate surface area is 110 Å². The molecule has 1 nitrogen and oxygen atoms in total. The van der Waals surface area contributed by atoms with Crippen LogP contribution in [-0.4, -0.2) is 6.04 Å². The quantitative estimate of drug-likeness (QED) is 0.834. The molecule has 0 saturated heterocycles. The molecule has 0 aliphatic heterocycles. The fourth-order valence-corrected chi connectivity index (χ4v) is 3.96. The monoisotopic (exact) mass is 299 g/mol. The molecule has 1 N–H and O–H groups in total. The first-order valence-corrected chi connectivity index (χ1v) is 7.11. The second-order valence-corrected chi connectivity index (χ2v) is 6.37. The number of halogens is 2. The van der Waals surface area contributed by atoms with Crippen molar-refractivity contribution >= 4 is 33.2 Å². The minimum Gasteiger partial charge on any atom is -0.381 e. The lowest BCUT2D eigenvalue weighted by molar-refractivity contribution is 0.440. The summed E-state index contributed by atoms with van der Waals surface area (Å²) in [5.74, 6) is 1.85. The molecular weight excluding hydrogens is 286 g/mol. The van der Waals surface area contributed by atoms with Gasteiger partial charge in [-0.1, -0.05) is 34.0 Å². The molecule has 2 bridgehead atoms. The molecule has 0 heterocycles. The SMILES string of the molecule is Clc1cc(Br)ccc1NC1CC2CCC1C2. The minimum absolute atomic E-state index is 0.650. The summed E-state index contributed by atoms with van der Waals surface area (Å²) in [7, 11) is 0. The van der Waals surface area contributed by atoms with Gasteiger partial charge in [-0.2, -0.15) is 0 Å². The van der Waals surface area contributed by atoms with Gasteiger partial charge in [-0.3, -0.25) is 0 Å². The summed E-state index contributed by atoms with van der Waals surface area (Å²) in [4.78, 5) is 0. The van der Waals surface area contributed by atoms with E-state index in [4.69, 9.17) is 11.6 Å². The van der Waals surface area contributed by atoms with Gasteiger partial charge < -0.3 is 5.32 Å². The number of hydrogen-bond acceptors (Lipinski definition) is 1. The third-order valence-corrected chi connectivity index (χ3v) is 4.82. The lowest BCUT2D eigenvalue weighted by atomic mass is 9.95. The van der Waals surface area contributed by atoms with Gasteiger partial charge in [-0.25, -0.2) is 0 Å². The average molecular weight is 301 g/mol. The van der Waals surface area contributed by atoms with E-state index in [1.165, 1.54) is 25.7 Å². The van der Waals surface area contributed by atoms with Crippen molar-refractivity contribution in [2.24, 2.45) is 11.8 Å². The Balaban J connectivity index is 1.74. The Morgan fingerprint density at radius 1 is 1.25 bits per heavy atom. The topological polar surface area (TPSA) is 12.0 Å². The Morgan fingerprint density at radius 2 is 2.12 bits per heavy atom. The van der Waals surface area contributed by atoms with Gasteiger partial charge in [0.05, 0.1) is 10.7 Å². The second-order valence-electron chi connectivity index (χ2n) is 5.05. The normalized spacial score (nSPS) is 32.0. The lowest BCUT2D eigenvalue weighted by Gasteiger charge is -2.24. The van der Waals surface area contributed by atoms with E-state index in [2.05, 4.69) is 27.3 Å². The van der Waals surface area contributed by atoms with Gasteiger partial charge in [0.1, 0.15) is 0 Å². The first kappa shape index (κ1) is 10.9. The third-order valence-electron chi connectivity index (χ3n) is 4.01. The van der Waals surface area contributed by atoms with Crippen LogP contribution in [0.5, 0.6) is 0 Å². The highest BCUT2D eigenvalue weighted by Crippen LogP contribution is 2.46. The molecule has 3 heteroatoms. The largest absolute Gasteiger partial charge is 0.381 e. The second kappa shape index (κ2) is 4.23. The molecule has 0 aromatic heterocycles. The van der Waals surface area contributed by atoms with Crippen LogP contribution in [0.2, 0.25) is 5.02 Å². The Kier molecular flexibility index (Phi) is 2.88. The van der Waals surface area contributed by atoms with Gasteiger partial charge in [-0.15, -0.1) is 0 Å². The molecule has 0 amide bonds. The first-order valence-electron chi connectivity index (χ1n) is 5.94. The molecule has 2 fully saturated rings. The molecule has 0 radical (unpaired) electrons. The van der Waals surface area contributed by atoms with Crippen molar-refractivity contribution in [3.8, 4) is 0 Å². The molecule has 3 atom stereocenters. The maximum absolute atomic E-state index is 6.22. The van der Waals surface area contributed by atoms with Crippen LogP contribution in [0.1, 0.15) is 25.7 Å². The highest BCUT2D eigenvalue weighted by Gasteiger charge is 2.39. The minimum atomic E-state index is 0.650. The van der Waals surface area contributed by atoms with Crippen LogP contribution in [-0.2, 0) is 0 Å². The maximum Gasteiger partial charge on any atom is 0.0648 e. The number of rotatable bonds is 2. The van der Waals surface area contributed by atoms with Gasteiger partial charge in [0, 0.05) is 10.5 Å². The number of hydrogen-bond donors (Lipinski definition) is 1. The molecule has 3 rings (SSSR count). The zero-order chi connectivity index (χ0) is 11.1. The van der Waals surface area contributed by atoms with Crippen molar-refractivity contribution in [3.05, 3.63) is 27.7 Å². The predicted octanol–water partition coefficient (Wildman–Crippen LogP) is 4.70. The average Bonchev–Trinajstić information content (AvgIpc) is 2.84. The molecule has 2 aliphatic rings. The molecular formula is C13H15BrClN. The van der Waals surface area contributed by atoms with Crippen LogP contribution in [0.25, 0.3) is 0 Å². The summed E-state index contributed by atoms with van der Waals surface area (Å²) in [5.41, 5.74) is 1.09. The van der Waals surface area contributed by atoms with E-state index in [9.17, 15) is 0 Å². The van der Waals surface area contributed by atoms with Crippen LogP contribution in [0.4, 0.5) is 5.69 Å². The van der Waals surface area contributed by atoms with Gasteiger partial charge in [-0.05, 0) is 49.3 Å². The number of anilines is 1. The summed E-state index contributed by atoms with van der Waals surface area (Å²) >= 11 is 9.65. The van der Waals surface area contributed by atoms with Crippen molar-refractivity contribution in [3.63, 3.8) is 0 Å². The molecule has 1 aromatic carbocycles. The molecule has 2 saturated carbocycles. The van der Waals surface area contributed by atoms with Gasteiger partial charge >= 0.3 is 0 Å².